The first-order chi connectivity index (χ1) is 10.5. The van der Waals surface area contributed by atoms with Crippen molar-refractivity contribution in [2.75, 3.05) is 19.7 Å². The van der Waals surface area contributed by atoms with Crippen LogP contribution >= 0.6 is 0 Å². The van der Waals surface area contributed by atoms with Gasteiger partial charge in [-0.1, -0.05) is 0 Å². The average molecular weight is 304 g/mol. The van der Waals surface area contributed by atoms with E-state index in [9.17, 15) is 14.4 Å². The van der Waals surface area contributed by atoms with Crippen LogP contribution in [0.4, 0.5) is 0 Å². The van der Waals surface area contributed by atoms with Crippen LogP contribution in [0.5, 0.6) is 0 Å². The monoisotopic (exact) mass is 304 g/mol. The molecule has 8 heteroatoms. The quantitative estimate of drug-likeness (QED) is 0.765. The zero-order valence-electron chi connectivity index (χ0n) is 12.3. The third-order valence-electron chi connectivity index (χ3n) is 3.71. The molecule has 0 aliphatic carbocycles. The average Bonchev–Trinajstić information content (AvgIpc) is 2.51. The van der Waals surface area contributed by atoms with Gasteiger partial charge < -0.3 is 9.64 Å². The number of amides is 1. The summed E-state index contributed by atoms with van der Waals surface area (Å²) in [4.78, 5) is 44.0. The largest absolute Gasteiger partial charge is 0.375 e. The Kier molecular flexibility index (Phi) is 3.53. The molecule has 1 aliphatic heterocycles. The summed E-state index contributed by atoms with van der Waals surface area (Å²) in [5.41, 5.74) is -0.665. The van der Waals surface area contributed by atoms with Crippen molar-refractivity contribution in [1.82, 2.24) is 19.4 Å². The van der Waals surface area contributed by atoms with Crippen LogP contribution in [-0.2, 0) is 11.8 Å². The predicted molar refractivity (Wildman–Crippen MR) is 78.9 cm³/mol. The van der Waals surface area contributed by atoms with Crippen molar-refractivity contribution < 1.29 is 9.53 Å². The minimum atomic E-state index is -0.561. The molecule has 1 amide bonds. The van der Waals surface area contributed by atoms with Gasteiger partial charge in [0.1, 0.15) is 11.3 Å². The number of nitrogens with one attached hydrogen (secondary N) is 1. The number of nitrogens with zero attached hydrogens (tertiary/aromatic N) is 3. The number of carbonyl (C=O) groups is 1. The van der Waals surface area contributed by atoms with E-state index in [0.717, 1.165) is 0 Å². The number of aromatic amines is 1. The van der Waals surface area contributed by atoms with E-state index in [1.807, 2.05) is 6.92 Å². The minimum Gasteiger partial charge on any atom is -0.375 e. The number of hydrogen-bond acceptors (Lipinski definition) is 5. The molecule has 1 aliphatic rings. The van der Waals surface area contributed by atoms with Crippen LogP contribution in [-0.4, -0.2) is 51.1 Å². The van der Waals surface area contributed by atoms with Crippen molar-refractivity contribution in [2.45, 2.75) is 13.0 Å². The third-order valence-corrected chi connectivity index (χ3v) is 3.71. The molecular formula is C14H16N4O4. The number of ether oxygens (including phenoxy) is 1. The number of rotatable bonds is 1. The second kappa shape index (κ2) is 5.38. The Morgan fingerprint density at radius 1 is 1.41 bits per heavy atom. The lowest BCUT2D eigenvalue weighted by molar-refractivity contribution is -0.0126. The topological polar surface area (TPSA) is 97.3 Å². The number of pyridine rings is 1. The van der Waals surface area contributed by atoms with Crippen molar-refractivity contribution in [3.8, 4) is 0 Å². The second-order valence-corrected chi connectivity index (χ2v) is 5.32. The van der Waals surface area contributed by atoms with E-state index in [0.29, 0.717) is 19.7 Å². The van der Waals surface area contributed by atoms with Crippen molar-refractivity contribution in [3.05, 3.63) is 38.7 Å². The lowest BCUT2D eigenvalue weighted by atomic mass is 10.2. The lowest BCUT2D eigenvalue weighted by Crippen LogP contribution is -2.44. The highest BCUT2D eigenvalue weighted by atomic mass is 16.5. The summed E-state index contributed by atoms with van der Waals surface area (Å²) in [6.45, 7) is 3.37. The Hall–Kier alpha value is -2.48. The maximum Gasteiger partial charge on any atom is 0.329 e. The molecule has 22 heavy (non-hydrogen) atoms. The zero-order chi connectivity index (χ0) is 15.9. The lowest BCUT2D eigenvalue weighted by Gasteiger charge is -2.30. The van der Waals surface area contributed by atoms with Gasteiger partial charge in [0.2, 0.25) is 0 Å². The van der Waals surface area contributed by atoms with Gasteiger partial charge in [0.15, 0.2) is 0 Å². The molecule has 0 saturated carbocycles. The summed E-state index contributed by atoms with van der Waals surface area (Å²) in [7, 11) is 1.50. The van der Waals surface area contributed by atoms with Crippen LogP contribution in [0.1, 0.15) is 17.4 Å². The molecule has 1 fully saturated rings. The fourth-order valence-electron chi connectivity index (χ4n) is 2.51. The van der Waals surface area contributed by atoms with Gasteiger partial charge in [0.25, 0.3) is 11.5 Å². The molecule has 116 valence electrons. The van der Waals surface area contributed by atoms with Crippen LogP contribution in [0.2, 0.25) is 0 Å². The fourth-order valence-corrected chi connectivity index (χ4v) is 2.51. The number of carbonyl (C=O) groups excluding carboxylic acids is 1. The van der Waals surface area contributed by atoms with E-state index >= 15 is 0 Å². The van der Waals surface area contributed by atoms with Gasteiger partial charge in [0.05, 0.1) is 18.1 Å². The molecule has 0 bridgehead atoms. The summed E-state index contributed by atoms with van der Waals surface area (Å²) in [5.74, 6) is -0.232. The van der Waals surface area contributed by atoms with Crippen molar-refractivity contribution in [2.24, 2.45) is 7.05 Å². The molecule has 8 nitrogen and oxygen atoms in total. The summed E-state index contributed by atoms with van der Waals surface area (Å²) < 4.78 is 6.63. The van der Waals surface area contributed by atoms with Crippen LogP contribution in [0, 0.1) is 0 Å². The standard InChI is InChI=1S/C14H16N4O4/c1-8-7-18(5-6-22-8)13(20)10-4-3-9-11(15-10)17(2)14(21)16-12(9)19/h3-4,8H,5-7H2,1-2H3,(H,16,19,21)/t8-/m1/s1. The third kappa shape index (κ3) is 2.41. The Labute approximate surface area is 125 Å². The van der Waals surface area contributed by atoms with Gasteiger partial charge in [-0.15, -0.1) is 0 Å². The van der Waals surface area contributed by atoms with E-state index in [1.54, 1.807) is 4.90 Å². The van der Waals surface area contributed by atoms with Gasteiger partial charge in [-0.3, -0.25) is 19.1 Å². The molecule has 2 aromatic rings. The van der Waals surface area contributed by atoms with Gasteiger partial charge in [-0.25, -0.2) is 9.78 Å². The molecule has 1 N–H and O–H groups in total. The summed E-state index contributed by atoms with van der Waals surface area (Å²) in [6, 6.07) is 3.02. The van der Waals surface area contributed by atoms with Crippen LogP contribution < -0.4 is 11.2 Å². The van der Waals surface area contributed by atoms with Crippen molar-refractivity contribution in [1.29, 1.82) is 0 Å². The van der Waals surface area contributed by atoms with Crippen molar-refractivity contribution in [3.63, 3.8) is 0 Å². The molecule has 1 saturated heterocycles. The Balaban J connectivity index is 2.05. The normalized spacial score (nSPS) is 18.6. The highest BCUT2D eigenvalue weighted by Gasteiger charge is 2.23. The molecule has 0 spiro atoms. The Morgan fingerprint density at radius 2 is 2.18 bits per heavy atom. The number of aryl methyl sites for hydroxylation is 1. The van der Waals surface area contributed by atoms with E-state index < -0.39 is 11.2 Å². The predicted octanol–water partition coefficient (Wildman–Crippen LogP) is -0.517. The first kappa shape index (κ1) is 14.5. The smallest absolute Gasteiger partial charge is 0.329 e. The minimum absolute atomic E-state index is 0.0228. The van der Waals surface area contributed by atoms with E-state index in [2.05, 4.69) is 9.97 Å². The van der Waals surface area contributed by atoms with E-state index in [1.165, 1.54) is 23.7 Å². The molecule has 2 aromatic heterocycles. The molecule has 0 unspecified atom stereocenters. The van der Waals surface area contributed by atoms with Crippen LogP contribution in [0.25, 0.3) is 11.0 Å². The summed E-state index contributed by atoms with van der Waals surface area (Å²) in [6.07, 6.45) is -0.0228. The van der Waals surface area contributed by atoms with Gasteiger partial charge in [-0.2, -0.15) is 0 Å². The molecule has 0 aromatic carbocycles. The van der Waals surface area contributed by atoms with Gasteiger partial charge >= 0.3 is 5.69 Å². The second-order valence-electron chi connectivity index (χ2n) is 5.32. The Morgan fingerprint density at radius 3 is 2.91 bits per heavy atom. The van der Waals surface area contributed by atoms with E-state index in [4.69, 9.17) is 4.74 Å². The van der Waals surface area contributed by atoms with Gasteiger partial charge in [0, 0.05) is 20.1 Å². The molecule has 3 heterocycles. The number of fused-ring (bicyclic) bond motifs is 1. The Bertz CT molecular complexity index is 854. The number of H-pyrrole nitrogens is 1. The molecule has 0 radical (unpaired) electrons. The highest BCUT2D eigenvalue weighted by molar-refractivity contribution is 5.94. The highest BCUT2D eigenvalue weighted by Crippen LogP contribution is 2.11. The van der Waals surface area contributed by atoms with Crippen molar-refractivity contribution >= 4 is 16.9 Å². The number of aromatic nitrogens is 3. The maximum atomic E-state index is 12.5. The maximum absolute atomic E-state index is 12.5. The first-order valence-corrected chi connectivity index (χ1v) is 6.98. The van der Waals surface area contributed by atoms with E-state index in [-0.39, 0.29) is 28.7 Å². The first-order valence-electron chi connectivity index (χ1n) is 6.98. The number of hydrogen-bond donors (Lipinski definition) is 1. The fraction of sp³-hybridized carbons (Fsp3) is 0.429. The number of morpholine rings is 1. The molecule has 3 rings (SSSR count). The van der Waals surface area contributed by atoms with Gasteiger partial charge in [-0.05, 0) is 19.1 Å². The summed E-state index contributed by atoms with van der Waals surface area (Å²) in [5, 5.41) is 0.272. The molecular weight excluding hydrogens is 288 g/mol. The summed E-state index contributed by atoms with van der Waals surface area (Å²) >= 11 is 0. The zero-order valence-corrected chi connectivity index (χ0v) is 12.3. The van der Waals surface area contributed by atoms with Crippen LogP contribution in [0.15, 0.2) is 21.7 Å². The van der Waals surface area contributed by atoms with Crippen LogP contribution in [0.3, 0.4) is 0 Å². The SMILES string of the molecule is C[C@@H]1CN(C(=O)c2ccc3c(=O)[nH]c(=O)n(C)c3n2)CCO1. The molecule has 1 atom stereocenters.